The van der Waals surface area contributed by atoms with Crippen LogP contribution in [0.1, 0.15) is 47.3 Å². The highest BCUT2D eigenvalue weighted by atomic mass is 19.4. The van der Waals surface area contributed by atoms with Gasteiger partial charge >= 0.3 is 12.4 Å². The molecule has 0 spiro atoms. The Labute approximate surface area is 237 Å². The maximum Gasteiger partial charge on any atom is 0.433 e. The second kappa shape index (κ2) is 11.1. The molecule has 42 heavy (non-hydrogen) atoms. The van der Waals surface area contributed by atoms with Crippen LogP contribution in [0, 0.1) is 24.2 Å². The van der Waals surface area contributed by atoms with Crippen molar-refractivity contribution in [3.63, 3.8) is 0 Å². The van der Waals surface area contributed by atoms with Crippen molar-refractivity contribution < 1.29 is 31.1 Å². The van der Waals surface area contributed by atoms with E-state index in [4.69, 9.17) is 0 Å². The molecular formula is C30H25F6N5O. The minimum absolute atomic E-state index is 0.0650. The first-order valence-corrected chi connectivity index (χ1v) is 13.2. The van der Waals surface area contributed by atoms with Gasteiger partial charge in [-0.05, 0) is 74.1 Å². The molecule has 218 valence electrons. The smallest absolute Gasteiger partial charge is 0.340 e. The first kappa shape index (κ1) is 29.1. The number of aromatic nitrogens is 2. The van der Waals surface area contributed by atoms with E-state index in [1.807, 2.05) is 13.0 Å². The molecule has 2 aromatic heterocycles. The van der Waals surface area contributed by atoms with Crippen LogP contribution in [0.25, 0.3) is 6.08 Å². The third-order valence-electron chi connectivity index (χ3n) is 7.63. The van der Waals surface area contributed by atoms with Gasteiger partial charge in [-0.25, -0.2) is 4.98 Å². The number of hydrogen-bond acceptors (Lipinski definition) is 5. The summed E-state index contributed by atoms with van der Waals surface area (Å²) in [5, 5.41) is 9.75. The van der Waals surface area contributed by atoms with Crippen LogP contribution in [-0.4, -0.2) is 34.5 Å². The number of amides is 1. The van der Waals surface area contributed by atoms with Gasteiger partial charge in [0.05, 0.1) is 11.3 Å². The number of halogens is 6. The fourth-order valence-corrected chi connectivity index (χ4v) is 5.84. The second-order valence-corrected chi connectivity index (χ2v) is 10.4. The molecule has 12 heteroatoms. The summed E-state index contributed by atoms with van der Waals surface area (Å²) in [6.07, 6.45) is -4.02. The number of carbonyl (C=O) groups excluding carboxylic acids is 1. The van der Waals surface area contributed by atoms with Gasteiger partial charge in [0.1, 0.15) is 29.2 Å². The first-order valence-electron chi connectivity index (χ1n) is 13.2. The summed E-state index contributed by atoms with van der Waals surface area (Å²) in [5.74, 6) is -1.61. The van der Waals surface area contributed by atoms with E-state index in [1.54, 1.807) is 54.7 Å². The van der Waals surface area contributed by atoms with Crippen molar-refractivity contribution in [2.24, 2.45) is 5.92 Å². The Morgan fingerprint density at radius 2 is 1.88 bits per heavy atom. The van der Waals surface area contributed by atoms with Gasteiger partial charge in [0.2, 0.25) is 5.91 Å². The molecule has 2 bridgehead atoms. The molecule has 1 aromatic carbocycles. The third kappa shape index (κ3) is 5.68. The molecule has 0 unspecified atom stereocenters. The Bertz CT molecular complexity index is 1550. The van der Waals surface area contributed by atoms with E-state index in [2.05, 4.69) is 9.97 Å². The zero-order valence-electron chi connectivity index (χ0n) is 22.3. The van der Waals surface area contributed by atoms with Crippen molar-refractivity contribution in [1.29, 1.82) is 5.26 Å². The summed E-state index contributed by atoms with van der Waals surface area (Å²) in [7, 11) is 0. The number of alkyl halides is 6. The number of fused-ring (bicyclic) bond motifs is 2. The molecule has 1 saturated carbocycles. The SMILES string of the molecule is Cc1cccc(N(C/C=C/c2ccccn2)C(=O)[C@@H]2[C@H]3CC[C@H](C3)N2c2nc(C(F)(F)F)cc(C(F)(F)F)c2C#N)c1. The fraction of sp³-hybridized carbons (Fsp3) is 0.333. The number of piperidine rings is 1. The van der Waals surface area contributed by atoms with Gasteiger partial charge < -0.3 is 9.80 Å². The average molecular weight is 586 g/mol. The number of carbonyl (C=O) groups is 1. The third-order valence-corrected chi connectivity index (χ3v) is 7.63. The maximum absolute atomic E-state index is 14.3. The number of rotatable bonds is 6. The Kier molecular flexibility index (Phi) is 7.70. The van der Waals surface area contributed by atoms with Crippen molar-refractivity contribution in [2.75, 3.05) is 16.3 Å². The van der Waals surface area contributed by atoms with Crippen molar-refractivity contribution in [3.8, 4) is 6.07 Å². The van der Waals surface area contributed by atoms with Crippen LogP contribution < -0.4 is 9.80 Å². The van der Waals surface area contributed by atoms with Crippen LogP contribution in [0.2, 0.25) is 0 Å². The summed E-state index contributed by atoms with van der Waals surface area (Å²) in [6.45, 7) is 1.90. The number of anilines is 2. The monoisotopic (exact) mass is 585 g/mol. The number of nitrogens with zero attached hydrogens (tertiary/aromatic N) is 5. The van der Waals surface area contributed by atoms with E-state index in [9.17, 15) is 36.4 Å². The Balaban J connectivity index is 1.60. The Hall–Kier alpha value is -4.40. The molecule has 3 heterocycles. The summed E-state index contributed by atoms with van der Waals surface area (Å²) < 4.78 is 83.0. The Morgan fingerprint density at radius 3 is 2.52 bits per heavy atom. The molecule has 1 saturated heterocycles. The molecule has 2 aliphatic rings. The van der Waals surface area contributed by atoms with E-state index in [0.717, 1.165) is 5.56 Å². The molecule has 0 N–H and O–H groups in total. The van der Waals surface area contributed by atoms with Gasteiger partial charge in [0.25, 0.3) is 0 Å². The number of pyridine rings is 2. The lowest BCUT2D eigenvalue weighted by molar-refractivity contribution is -0.145. The highest BCUT2D eigenvalue weighted by molar-refractivity contribution is 6.00. The lowest BCUT2D eigenvalue weighted by Crippen LogP contribution is -2.53. The fourth-order valence-electron chi connectivity index (χ4n) is 5.84. The molecule has 3 aromatic rings. The normalized spacial score (nSPS) is 20.2. The highest BCUT2D eigenvalue weighted by Crippen LogP contribution is 2.48. The van der Waals surface area contributed by atoms with Crippen LogP contribution >= 0.6 is 0 Å². The van der Waals surface area contributed by atoms with Crippen LogP contribution in [0.5, 0.6) is 0 Å². The number of aryl methyl sites for hydroxylation is 1. The van der Waals surface area contributed by atoms with E-state index in [-0.39, 0.29) is 18.5 Å². The van der Waals surface area contributed by atoms with E-state index >= 15 is 0 Å². The molecule has 5 rings (SSSR count). The number of nitriles is 1. The van der Waals surface area contributed by atoms with Gasteiger partial charge in [-0.1, -0.05) is 24.3 Å². The van der Waals surface area contributed by atoms with Gasteiger partial charge in [-0.2, -0.15) is 31.6 Å². The van der Waals surface area contributed by atoms with Crippen molar-refractivity contribution in [3.05, 3.63) is 88.9 Å². The van der Waals surface area contributed by atoms with Crippen LogP contribution in [0.3, 0.4) is 0 Å². The van der Waals surface area contributed by atoms with Gasteiger partial charge in [0.15, 0.2) is 0 Å². The number of hydrogen-bond donors (Lipinski definition) is 0. The molecule has 2 fully saturated rings. The van der Waals surface area contributed by atoms with Crippen molar-refractivity contribution in [2.45, 2.75) is 50.6 Å². The lowest BCUT2D eigenvalue weighted by atomic mass is 9.95. The van der Waals surface area contributed by atoms with E-state index in [1.165, 1.54) is 15.9 Å². The van der Waals surface area contributed by atoms with Crippen molar-refractivity contribution in [1.82, 2.24) is 9.97 Å². The second-order valence-electron chi connectivity index (χ2n) is 10.4. The largest absolute Gasteiger partial charge is 0.433 e. The predicted octanol–water partition coefficient (Wildman–Crippen LogP) is 6.80. The first-order chi connectivity index (χ1) is 19.9. The van der Waals surface area contributed by atoms with Gasteiger partial charge in [0, 0.05) is 24.5 Å². The molecule has 1 aliphatic carbocycles. The number of benzene rings is 1. The Morgan fingerprint density at radius 1 is 1.10 bits per heavy atom. The van der Waals surface area contributed by atoms with E-state index in [0.29, 0.717) is 30.6 Å². The standard InChI is InChI=1S/C30H25F6N5O/c1-18-6-4-9-21(14-18)40(13-5-8-20-7-2-3-12-38-20)28(42)26-19-10-11-22(15-19)41(26)27-23(17-37)24(29(31,32)33)16-25(39-27)30(34,35)36/h2-9,12,14,16,19,22,26H,10-11,13,15H2,1H3/b8-5+/t19-,22+,26-/m0/s1. The van der Waals surface area contributed by atoms with Gasteiger partial charge in [-0.3, -0.25) is 9.78 Å². The minimum atomic E-state index is -5.25. The molecule has 0 radical (unpaired) electrons. The molecule has 3 atom stereocenters. The maximum atomic E-state index is 14.3. The molecule has 1 amide bonds. The molecule has 1 aliphatic heterocycles. The summed E-state index contributed by atoms with van der Waals surface area (Å²) in [6, 6.07) is 12.0. The minimum Gasteiger partial charge on any atom is -0.340 e. The van der Waals surface area contributed by atoms with Crippen LogP contribution in [0.15, 0.2) is 60.8 Å². The highest BCUT2D eigenvalue weighted by Gasteiger charge is 2.53. The predicted molar refractivity (Wildman–Crippen MR) is 143 cm³/mol. The quantitative estimate of drug-likeness (QED) is 0.298. The van der Waals surface area contributed by atoms with Gasteiger partial charge in [-0.15, -0.1) is 0 Å². The average Bonchev–Trinajstić information content (AvgIpc) is 3.56. The summed E-state index contributed by atoms with van der Waals surface area (Å²) in [5.41, 5.74) is -2.52. The lowest BCUT2D eigenvalue weighted by Gasteiger charge is -2.39. The van der Waals surface area contributed by atoms with Crippen LogP contribution in [-0.2, 0) is 17.1 Å². The van der Waals surface area contributed by atoms with Crippen molar-refractivity contribution >= 4 is 23.5 Å². The summed E-state index contributed by atoms with van der Waals surface area (Å²) >= 11 is 0. The molecule has 6 nitrogen and oxygen atoms in total. The zero-order valence-corrected chi connectivity index (χ0v) is 22.3. The summed E-state index contributed by atoms with van der Waals surface area (Å²) in [4.78, 5) is 24.8. The molecular weight excluding hydrogens is 560 g/mol. The van der Waals surface area contributed by atoms with E-state index < -0.39 is 53.0 Å². The topological polar surface area (TPSA) is 73.1 Å². The van der Waals surface area contributed by atoms with Crippen LogP contribution in [0.4, 0.5) is 37.8 Å². The zero-order chi connectivity index (χ0) is 30.2.